The van der Waals surface area contributed by atoms with Crippen LogP contribution in [0.3, 0.4) is 0 Å². The van der Waals surface area contributed by atoms with Crippen molar-refractivity contribution in [1.82, 2.24) is 4.98 Å². The van der Waals surface area contributed by atoms with Gasteiger partial charge < -0.3 is 4.79 Å². The minimum absolute atomic E-state index is 0.0952. The Morgan fingerprint density at radius 1 is 1.24 bits per heavy atom. The van der Waals surface area contributed by atoms with Crippen LogP contribution in [0.5, 0.6) is 0 Å². The van der Waals surface area contributed by atoms with Crippen molar-refractivity contribution in [2.75, 3.05) is 11.4 Å². The van der Waals surface area contributed by atoms with Crippen LogP contribution in [0.4, 0.5) is 14.6 Å². The molecule has 2 aromatic rings. The van der Waals surface area contributed by atoms with Gasteiger partial charge >= 0.3 is 0 Å². The molecule has 0 N–H and O–H groups in total. The minimum atomic E-state index is -0.958. The van der Waals surface area contributed by atoms with Crippen LogP contribution in [-0.2, 0) is 15.0 Å². The molecule has 130 valence electrons. The first-order chi connectivity index (χ1) is 11.9. The molecule has 1 unspecified atom stereocenters. The highest BCUT2D eigenvalue weighted by Crippen LogP contribution is 2.39. The zero-order valence-corrected chi connectivity index (χ0v) is 13.8. The summed E-state index contributed by atoms with van der Waals surface area (Å²) in [6, 6.07) is 9.02. The number of halogens is 2. The maximum absolute atomic E-state index is 13.7. The van der Waals surface area contributed by atoms with Crippen molar-refractivity contribution >= 4 is 18.0 Å². The number of nitrogens with zero attached hydrogens (tertiary/aromatic N) is 2. The average molecular weight is 344 g/mol. The summed E-state index contributed by atoms with van der Waals surface area (Å²) in [7, 11) is 0. The Labute approximate surface area is 144 Å². The van der Waals surface area contributed by atoms with E-state index < -0.39 is 17.0 Å². The third-order valence-corrected chi connectivity index (χ3v) is 4.74. The highest BCUT2D eigenvalue weighted by atomic mass is 19.2. The second kappa shape index (κ2) is 6.70. The number of hydrogen-bond donors (Lipinski definition) is 0. The van der Waals surface area contributed by atoms with Gasteiger partial charge in [-0.2, -0.15) is 0 Å². The molecule has 4 nitrogen and oxygen atoms in total. The topological polar surface area (TPSA) is 50.3 Å². The molecular weight excluding hydrogens is 326 g/mol. The molecule has 0 spiro atoms. The van der Waals surface area contributed by atoms with Gasteiger partial charge in [-0.25, -0.2) is 13.8 Å². The molecule has 1 saturated heterocycles. The standard InChI is InChI=1S/C19H18F2N2O2/c1-13-3-2-4-17(22-13)23-12-19(9-10-24,8-7-18(23)25)14-5-6-15(20)16(21)11-14/h2-6,10-11H,7-9,12H2,1H3. The van der Waals surface area contributed by atoms with Crippen LogP contribution in [0, 0.1) is 18.6 Å². The first-order valence-electron chi connectivity index (χ1n) is 8.08. The van der Waals surface area contributed by atoms with E-state index >= 15 is 0 Å². The number of hydrogen-bond acceptors (Lipinski definition) is 3. The fourth-order valence-electron chi connectivity index (χ4n) is 3.34. The fourth-order valence-corrected chi connectivity index (χ4v) is 3.34. The normalized spacial score (nSPS) is 20.6. The fraction of sp³-hybridized carbons (Fsp3) is 0.316. The van der Waals surface area contributed by atoms with Gasteiger partial charge in [0.1, 0.15) is 12.1 Å². The molecule has 2 heterocycles. The SMILES string of the molecule is Cc1cccc(N2CC(CC=O)(c3ccc(F)c(F)c3)CCC2=O)n1. The first kappa shape index (κ1) is 17.2. The van der Waals surface area contributed by atoms with Crippen molar-refractivity contribution in [2.24, 2.45) is 0 Å². The molecule has 1 fully saturated rings. The number of aryl methyl sites for hydroxylation is 1. The lowest BCUT2D eigenvalue weighted by molar-refractivity contribution is -0.121. The van der Waals surface area contributed by atoms with Crippen LogP contribution < -0.4 is 4.90 Å². The Hall–Kier alpha value is -2.63. The predicted octanol–water partition coefficient (Wildman–Crippen LogP) is 3.32. The van der Waals surface area contributed by atoms with Crippen LogP contribution >= 0.6 is 0 Å². The third kappa shape index (κ3) is 3.29. The number of carbonyl (C=O) groups is 2. The smallest absolute Gasteiger partial charge is 0.228 e. The molecule has 1 aliphatic rings. The van der Waals surface area contributed by atoms with E-state index in [1.165, 1.54) is 11.0 Å². The molecule has 1 aromatic heterocycles. The lowest BCUT2D eigenvalue weighted by Crippen LogP contribution is -2.49. The van der Waals surface area contributed by atoms with Crippen molar-refractivity contribution in [3.8, 4) is 0 Å². The number of benzene rings is 1. The zero-order valence-electron chi connectivity index (χ0n) is 13.8. The number of rotatable bonds is 4. The van der Waals surface area contributed by atoms with Crippen molar-refractivity contribution in [3.63, 3.8) is 0 Å². The van der Waals surface area contributed by atoms with Crippen LogP contribution in [0.1, 0.15) is 30.5 Å². The van der Waals surface area contributed by atoms with Crippen LogP contribution in [0.2, 0.25) is 0 Å². The van der Waals surface area contributed by atoms with E-state index in [1.807, 2.05) is 13.0 Å². The molecule has 1 aliphatic heterocycles. The lowest BCUT2D eigenvalue weighted by atomic mass is 9.72. The van der Waals surface area contributed by atoms with Gasteiger partial charge in [0.05, 0.1) is 0 Å². The lowest BCUT2D eigenvalue weighted by Gasteiger charge is -2.41. The van der Waals surface area contributed by atoms with E-state index in [-0.39, 0.29) is 25.3 Å². The van der Waals surface area contributed by atoms with Gasteiger partial charge in [-0.1, -0.05) is 12.1 Å². The van der Waals surface area contributed by atoms with Gasteiger partial charge in [0.2, 0.25) is 5.91 Å². The molecular formula is C19H18F2N2O2. The molecule has 1 atom stereocenters. The number of aldehydes is 1. The molecule has 3 rings (SSSR count). The van der Waals surface area contributed by atoms with Crippen LogP contribution in [0.15, 0.2) is 36.4 Å². The summed E-state index contributed by atoms with van der Waals surface area (Å²) >= 11 is 0. The van der Waals surface area contributed by atoms with Crippen molar-refractivity contribution in [1.29, 1.82) is 0 Å². The molecule has 1 aromatic carbocycles. The quantitative estimate of drug-likeness (QED) is 0.800. The number of carbonyl (C=O) groups excluding carboxylic acids is 2. The maximum atomic E-state index is 13.7. The van der Waals surface area contributed by atoms with Crippen LogP contribution in [0.25, 0.3) is 0 Å². The van der Waals surface area contributed by atoms with Gasteiger partial charge in [0.25, 0.3) is 0 Å². The molecule has 0 aliphatic carbocycles. The Morgan fingerprint density at radius 3 is 2.72 bits per heavy atom. The minimum Gasteiger partial charge on any atom is -0.303 e. The molecule has 6 heteroatoms. The maximum Gasteiger partial charge on any atom is 0.228 e. The summed E-state index contributed by atoms with van der Waals surface area (Å²) in [5.74, 6) is -1.49. The molecule has 0 radical (unpaired) electrons. The number of anilines is 1. The molecule has 1 amide bonds. The van der Waals surface area contributed by atoms with Gasteiger partial charge in [-0.05, 0) is 43.2 Å². The summed E-state index contributed by atoms with van der Waals surface area (Å²) in [6.07, 6.45) is 1.49. The zero-order chi connectivity index (χ0) is 18.0. The van der Waals surface area contributed by atoms with E-state index in [9.17, 15) is 18.4 Å². The van der Waals surface area contributed by atoms with Gasteiger partial charge in [-0.15, -0.1) is 0 Å². The van der Waals surface area contributed by atoms with Crippen LogP contribution in [-0.4, -0.2) is 23.7 Å². The number of pyridine rings is 1. The Balaban J connectivity index is 2.03. The Bertz CT molecular complexity index is 825. The van der Waals surface area contributed by atoms with Crippen molar-refractivity contribution in [2.45, 2.75) is 31.6 Å². The van der Waals surface area contributed by atoms with E-state index in [4.69, 9.17) is 0 Å². The summed E-state index contributed by atoms with van der Waals surface area (Å²) in [4.78, 5) is 29.6. The first-order valence-corrected chi connectivity index (χ1v) is 8.08. The Kier molecular flexibility index (Phi) is 4.61. The number of piperidine rings is 1. The van der Waals surface area contributed by atoms with E-state index in [1.54, 1.807) is 12.1 Å². The van der Waals surface area contributed by atoms with Gasteiger partial charge in [0.15, 0.2) is 11.6 Å². The molecule has 0 saturated carbocycles. The third-order valence-electron chi connectivity index (χ3n) is 4.74. The average Bonchev–Trinajstić information content (AvgIpc) is 2.59. The molecule has 25 heavy (non-hydrogen) atoms. The van der Waals surface area contributed by atoms with Crippen molar-refractivity contribution in [3.05, 3.63) is 59.3 Å². The van der Waals surface area contributed by atoms with Gasteiger partial charge in [0, 0.05) is 30.5 Å². The van der Waals surface area contributed by atoms with Gasteiger partial charge in [-0.3, -0.25) is 9.69 Å². The van der Waals surface area contributed by atoms with Crippen molar-refractivity contribution < 1.29 is 18.4 Å². The largest absolute Gasteiger partial charge is 0.303 e. The van der Waals surface area contributed by atoms with E-state index in [0.717, 1.165) is 24.1 Å². The number of amides is 1. The summed E-state index contributed by atoms with van der Waals surface area (Å²) in [6.45, 7) is 2.03. The van der Waals surface area contributed by atoms with E-state index in [0.29, 0.717) is 17.8 Å². The monoisotopic (exact) mass is 344 g/mol. The summed E-state index contributed by atoms with van der Waals surface area (Å²) in [5, 5.41) is 0. The summed E-state index contributed by atoms with van der Waals surface area (Å²) < 4.78 is 27.0. The second-order valence-corrected chi connectivity index (χ2v) is 6.40. The second-order valence-electron chi connectivity index (χ2n) is 6.40. The number of aromatic nitrogens is 1. The van der Waals surface area contributed by atoms with E-state index in [2.05, 4.69) is 4.98 Å². The summed E-state index contributed by atoms with van der Waals surface area (Å²) in [5.41, 5.74) is 0.531. The predicted molar refractivity (Wildman–Crippen MR) is 89.3 cm³/mol. The highest BCUT2D eigenvalue weighted by Gasteiger charge is 2.41. The highest BCUT2D eigenvalue weighted by molar-refractivity contribution is 5.94. The Morgan fingerprint density at radius 2 is 2.04 bits per heavy atom. The molecule has 0 bridgehead atoms.